The second kappa shape index (κ2) is 6.53. The van der Waals surface area contributed by atoms with Crippen LogP contribution in [-0.4, -0.2) is 18.5 Å². The fourth-order valence-corrected chi connectivity index (χ4v) is 4.26. The van der Waals surface area contributed by atoms with Crippen LogP contribution >= 0.6 is 31.9 Å². The van der Waals surface area contributed by atoms with Gasteiger partial charge >= 0.3 is 0 Å². The number of sulfonamides is 1. The summed E-state index contributed by atoms with van der Waals surface area (Å²) in [6.07, 6.45) is 1.49. The SMILES string of the molecule is CC(C)C1=CC(=O)[C@@](C)(Br)C(Br)=C1NS(=O)(=O)c1ccccc1. The Hall–Kier alpha value is -0.920. The van der Waals surface area contributed by atoms with Gasteiger partial charge in [0.1, 0.15) is 4.32 Å². The van der Waals surface area contributed by atoms with Crippen molar-refractivity contribution in [3.8, 4) is 0 Å². The van der Waals surface area contributed by atoms with E-state index in [1.165, 1.54) is 18.2 Å². The Bertz CT molecular complexity index is 794. The molecule has 1 aliphatic rings. The fourth-order valence-electron chi connectivity index (χ4n) is 2.17. The number of rotatable bonds is 4. The Labute approximate surface area is 153 Å². The molecule has 1 aromatic carbocycles. The van der Waals surface area contributed by atoms with Crippen LogP contribution in [0, 0.1) is 5.92 Å². The van der Waals surface area contributed by atoms with Crippen molar-refractivity contribution in [1.82, 2.24) is 4.72 Å². The molecule has 0 bridgehead atoms. The third-order valence-electron chi connectivity index (χ3n) is 3.58. The van der Waals surface area contributed by atoms with E-state index in [4.69, 9.17) is 0 Å². The predicted octanol–water partition coefficient (Wildman–Crippen LogP) is 3.89. The lowest BCUT2D eigenvalue weighted by atomic mass is 9.89. The van der Waals surface area contributed by atoms with Crippen molar-refractivity contribution < 1.29 is 13.2 Å². The summed E-state index contributed by atoms with van der Waals surface area (Å²) in [5, 5.41) is 0. The molecule has 0 fully saturated rings. The van der Waals surface area contributed by atoms with Crippen molar-refractivity contribution in [2.45, 2.75) is 30.0 Å². The summed E-state index contributed by atoms with van der Waals surface area (Å²) in [5.41, 5.74) is 1.06. The van der Waals surface area contributed by atoms with Gasteiger partial charge in [-0.15, -0.1) is 0 Å². The number of halogens is 2. The summed E-state index contributed by atoms with van der Waals surface area (Å²) in [6.45, 7) is 5.50. The van der Waals surface area contributed by atoms with Crippen molar-refractivity contribution in [3.05, 3.63) is 52.2 Å². The molecule has 0 aliphatic heterocycles. The lowest BCUT2D eigenvalue weighted by Crippen LogP contribution is -2.37. The quantitative estimate of drug-likeness (QED) is 0.690. The Balaban J connectivity index is 2.53. The Morgan fingerprint density at radius 3 is 2.26 bits per heavy atom. The van der Waals surface area contributed by atoms with E-state index in [0.29, 0.717) is 15.8 Å². The summed E-state index contributed by atoms with van der Waals surface area (Å²) in [7, 11) is -3.74. The molecule has 4 nitrogen and oxygen atoms in total. The molecule has 0 unspecified atom stereocenters. The topological polar surface area (TPSA) is 63.2 Å². The van der Waals surface area contributed by atoms with Crippen LogP contribution < -0.4 is 4.72 Å². The molecule has 1 atom stereocenters. The number of ketones is 1. The molecule has 0 aromatic heterocycles. The molecule has 0 heterocycles. The van der Waals surface area contributed by atoms with Crippen LogP contribution in [0.4, 0.5) is 0 Å². The van der Waals surface area contributed by atoms with Crippen molar-refractivity contribution in [3.63, 3.8) is 0 Å². The zero-order valence-electron chi connectivity index (χ0n) is 12.9. The van der Waals surface area contributed by atoms with Gasteiger partial charge in [0, 0.05) is 4.48 Å². The third-order valence-corrected chi connectivity index (χ3v) is 7.46. The first-order valence-corrected chi connectivity index (χ1v) is 10.1. The Kier molecular flexibility index (Phi) is 5.23. The van der Waals surface area contributed by atoms with Crippen LogP contribution in [0.3, 0.4) is 0 Å². The molecular weight excluding hydrogens is 446 g/mol. The van der Waals surface area contributed by atoms with Gasteiger partial charge in [0.15, 0.2) is 5.78 Å². The maximum absolute atomic E-state index is 12.6. The van der Waals surface area contributed by atoms with Gasteiger partial charge in [-0.3, -0.25) is 9.52 Å². The predicted molar refractivity (Wildman–Crippen MR) is 98.0 cm³/mol. The molecule has 1 aromatic rings. The highest BCUT2D eigenvalue weighted by atomic mass is 79.9. The molecule has 2 rings (SSSR count). The monoisotopic (exact) mass is 461 g/mol. The number of allylic oxidation sites excluding steroid dienone is 3. The second-order valence-corrected chi connectivity index (χ2v) is 9.79. The molecule has 124 valence electrons. The smallest absolute Gasteiger partial charge is 0.261 e. The standard InChI is InChI=1S/C16H17Br2NO3S/c1-10(2)12-9-13(20)16(3,18)15(17)14(12)19-23(21,22)11-7-5-4-6-8-11/h4-10,19H,1-3H3/t16-/m1/s1. The molecule has 1 aliphatic carbocycles. The number of hydrogen-bond acceptors (Lipinski definition) is 3. The van der Waals surface area contributed by atoms with Gasteiger partial charge in [-0.25, -0.2) is 8.42 Å². The highest BCUT2D eigenvalue weighted by molar-refractivity contribution is 9.14. The number of nitrogens with one attached hydrogen (secondary N) is 1. The van der Waals surface area contributed by atoms with E-state index in [0.717, 1.165) is 0 Å². The molecule has 0 saturated heterocycles. The van der Waals surface area contributed by atoms with Crippen LogP contribution in [0.2, 0.25) is 0 Å². The Morgan fingerprint density at radius 1 is 1.17 bits per heavy atom. The van der Waals surface area contributed by atoms with E-state index in [2.05, 4.69) is 36.6 Å². The summed E-state index contributed by atoms with van der Waals surface area (Å²) in [4.78, 5) is 12.4. The van der Waals surface area contributed by atoms with Crippen molar-refractivity contribution >= 4 is 47.7 Å². The summed E-state index contributed by atoms with van der Waals surface area (Å²) < 4.78 is 27.3. The van der Waals surface area contributed by atoms with Gasteiger partial charge in [0.25, 0.3) is 10.0 Å². The van der Waals surface area contributed by atoms with Crippen LogP contribution in [0.1, 0.15) is 20.8 Å². The molecule has 0 spiro atoms. The number of alkyl halides is 1. The zero-order chi connectivity index (χ0) is 17.4. The minimum absolute atomic E-state index is 0.0106. The summed E-state index contributed by atoms with van der Waals surface area (Å²) in [6, 6.07) is 8.13. The van der Waals surface area contributed by atoms with Crippen LogP contribution in [-0.2, 0) is 14.8 Å². The lowest BCUT2D eigenvalue weighted by molar-refractivity contribution is -0.115. The molecule has 7 heteroatoms. The third kappa shape index (κ3) is 3.61. The van der Waals surface area contributed by atoms with Gasteiger partial charge < -0.3 is 0 Å². The van der Waals surface area contributed by atoms with Crippen LogP contribution in [0.15, 0.2) is 57.1 Å². The number of carbonyl (C=O) groups excluding carboxylic acids is 1. The fraction of sp³-hybridized carbons (Fsp3) is 0.312. The maximum atomic E-state index is 12.6. The van der Waals surface area contributed by atoms with Gasteiger partial charge in [0.2, 0.25) is 0 Å². The van der Waals surface area contributed by atoms with E-state index in [-0.39, 0.29) is 16.6 Å². The molecule has 23 heavy (non-hydrogen) atoms. The second-order valence-electron chi connectivity index (χ2n) is 5.73. The average Bonchev–Trinajstić information content (AvgIpc) is 2.49. The van der Waals surface area contributed by atoms with Gasteiger partial charge in [-0.1, -0.05) is 63.9 Å². The largest absolute Gasteiger partial charge is 0.293 e. The average molecular weight is 463 g/mol. The first kappa shape index (κ1) is 18.4. The summed E-state index contributed by atoms with van der Waals surface area (Å²) >= 11 is 6.77. The minimum atomic E-state index is -3.74. The van der Waals surface area contributed by atoms with Crippen LogP contribution in [0.25, 0.3) is 0 Å². The van der Waals surface area contributed by atoms with Crippen molar-refractivity contribution in [2.75, 3.05) is 0 Å². The Morgan fingerprint density at radius 2 is 1.74 bits per heavy atom. The molecule has 0 saturated carbocycles. The van der Waals surface area contributed by atoms with Gasteiger partial charge in [0.05, 0.1) is 10.6 Å². The lowest BCUT2D eigenvalue weighted by Gasteiger charge is -2.30. The maximum Gasteiger partial charge on any atom is 0.261 e. The van der Waals surface area contributed by atoms with Gasteiger partial charge in [-0.2, -0.15) is 0 Å². The normalized spacial score (nSPS) is 22.3. The minimum Gasteiger partial charge on any atom is -0.293 e. The van der Waals surface area contributed by atoms with E-state index < -0.39 is 14.3 Å². The molecule has 1 N–H and O–H groups in total. The van der Waals surface area contributed by atoms with E-state index in [9.17, 15) is 13.2 Å². The van der Waals surface area contributed by atoms with E-state index in [1.54, 1.807) is 25.1 Å². The van der Waals surface area contributed by atoms with Crippen molar-refractivity contribution in [1.29, 1.82) is 0 Å². The van der Waals surface area contributed by atoms with Crippen LogP contribution in [0.5, 0.6) is 0 Å². The highest BCUT2D eigenvalue weighted by Crippen LogP contribution is 2.42. The van der Waals surface area contributed by atoms with Gasteiger partial charge in [-0.05, 0) is 36.6 Å². The van der Waals surface area contributed by atoms with Crippen molar-refractivity contribution in [2.24, 2.45) is 5.92 Å². The first-order chi connectivity index (χ1) is 10.6. The summed E-state index contributed by atoms with van der Waals surface area (Å²) in [5.74, 6) is -0.140. The van der Waals surface area contributed by atoms with E-state index in [1.807, 2.05) is 13.8 Å². The number of hydrogen-bond donors (Lipinski definition) is 1. The zero-order valence-corrected chi connectivity index (χ0v) is 16.9. The molecule has 0 radical (unpaired) electrons. The number of carbonyl (C=O) groups is 1. The molecular formula is C16H17Br2NO3S. The van der Waals surface area contributed by atoms with E-state index >= 15 is 0 Å². The first-order valence-electron chi connectivity index (χ1n) is 7.01. The highest BCUT2D eigenvalue weighted by Gasteiger charge is 2.40. The molecule has 0 amide bonds. The number of benzene rings is 1.